The molecule has 1 aliphatic rings. The van der Waals surface area contributed by atoms with E-state index in [9.17, 15) is 5.11 Å². The molecule has 1 N–H and O–H groups in total. The van der Waals surface area contributed by atoms with Crippen molar-refractivity contribution in [3.63, 3.8) is 0 Å². The van der Waals surface area contributed by atoms with Gasteiger partial charge in [0, 0.05) is 5.92 Å². The Bertz CT molecular complexity index is 129. The minimum atomic E-state index is -0.0865. The second kappa shape index (κ2) is 4.55. The molecule has 0 radical (unpaired) electrons. The van der Waals surface area contributed by atoms with Gasteiger partial charge in [-0.3, -0.25) is 0 Å². The Labute approximate surface area is 69.1 Å². The highest BCUT2D eigenvalue weighted by atomic mass is 16.3. The van der Waals surface area contributed by atoms with Gasteiger partial charge in [-0.1, -0.05) is 25.5 Å². The van der Waals surface area contributed by atoms with Crippen molar-refractivity contribution in [2.45, 2.75) is 45.1 Å². The predicted molar refractivity (Wildman–Crippen MR) is 47.4 cm³/mol. The molecule has 2 atom stereocenters. The maximum absolute atomic E-state index is 9.62. The topological polar surface area (TPSA) is 20.2 Å². The van der Waals surface area contributed by atoms with E-state index in [-0.39, 0.29) is 6.10 Å². The van der Waals surface area contributed by atoms with Gasteiger partial charge in [-0.2, -0.15) is 0 Å². The van der Waals surface area contributed by atoms with Crippen molar-refractivity contribution in [2.75, 3.05) is 0 Å². The average molecular weight is 154 g/mol. The molecule has 2 unspecified atom stereocenters. The first-order valence-corrected chi connectivity index (χ1v) is 4.69. The zero-order valence-electron chi connectivity index (χ0n) is 7.29. The first-order chi connectivity index (χ1) is 5.34. The third kappa shape index (κ3) is 2.66. The summed E-state index contributed by atoms with van der Waals surface area (Å²) in [7, 11) is 0. The third-order valence-corrected chi connectivity index (χ3v) is 2.37. The van der Waals surface area contributed by atoms with Crippen LogP contribution in [-0.2, 0) is 0 Å². The monoisotopic (exact) mass is 154 g/mol. The molecule has 1 heteroatoms. The summed E-state index contributed by atoms with van der Waals surface area (Å²) in [5, 5.41) is 9.62. The second-order valence-electron chi connectivity index (χ2n) is 3.38. The fourth-order valence-electron chi connectivity index (χ4n) is 1.67. The summed E-state index contributed by atoms with van der Waals surface area (Å²) in [5.41, 5.74) is 0. The van der Waals surface area contributed by atoms with Gasteiger partial charge in [0.25, 0.3) is 0 Å². The quantitative estimate of drug-likeness (QED) is 0.619. The summed E-state index contributed by atoms with van der Waals surface area (Å²) >= 11 is 0. The van der Waals surface area contributed by atoms with Gasteiger partial charge >= 0.3 is 0 Å². The van der Waals surface area contributed by atoms with E-state index in [2.05, 4.69) is 19.1 Å². The van der Waals surface area contributed by atoms with E-state index in [1.165, 1.54) is 19.3 Å². The molecule has 0 bridgehead atoms. The number of allylic oxidation sites excluding steroid dienone is 1. The van der Waals surface area contributed by atoms with E-state index in [0.29, 0.717) is 5.92 Å². The molecule has 0 fully saturated rings. The molecule has 1 rings (SSSR count). The number of hydrogen-bond donors (Lipinski definition) is 1. The lowest BCUT2D eigenvalue weighted by Gasteiger charge is -2.21. The number of aliphatic hydroxyl groups is 1. The Kier molecular flexibility index (Phi) is 3.64. The van der Waals surface area contributed by atoms with Crippen LogP contribution in [0.2, 0.25) is 0 Å². The molecule has 0 aromatic heterocycles. The van der Waals surface area contributed by atoms with Gasteiger partial charge in [-0.25, -0.2) is 0 Å². The van der Waals surface area contributed by atoms with E-state index in [4.69, 9.17) is 0 Å². The molecule has 0 saturated carbocycles. The van der Waals surface area contributed by atoms with Gasteiger partial charge in [-0.15, -0.1) is 0 Å². The van der Waals surface area contributed by atoms with Gasteiger partial charge in [0.15, 0.2) is 0 Å². The van der Waals surface area contributed by atoms with Crippen molar-refractivity contribution in [3.8, 4) is 0 Å². The number of aliphatic hydroxyl groups excluding tert-OH is 1. The van der Waals surface area contributed by atoms with Crippen LogP contribution in [0.4, 0.5) is 0 Å². The van der Waals surface area contributed by atoms with Crippen LogP contribution in [0.15, 0.2) is 12.2 Å². The summed E-state index contributed by atoms with van der Waals surface area (Å²) in [6.45, 7) is 2.12. The van der Waals surface area contributed by atoms with Crippen molar-refractivity contribution in [2.24, 2.45) is 5.92 Å². The van der Waals surface area contributed by atoms with Gasteiger partial charge < -0.3 is 5.11 Å². The Hall–Kier alpha value is -0.300. The lowest BCUT2D eigenvalue weighted by Crippen LogP contribution is -2.19. The molecule has 1 nitrogen and oxygen atoms in total. The summed E-state index contributed by atoms with van der Waals surface area (Å²) in [6, 6.07) is 0. The minimum absolute atomic E-state index is 0.0865. The van der Waals surface area contributed by atoms with Gasteiger partial charge in [0.2, 0.25) is 0 Å². The number of hydrogen-bond acceptors (Lipinski definition) is 1. The van der Waals surface area contributed by atoms with Crippen molar-refractivity contribution in [1.82, 2.24) is 0 Å². The van der Waals surface area contributed by atoms with Crippen molar-refractivity contribution in [1.29, 1.82) is 0 Å². The van der Waals surface area contributed by atoms with Crippen LogP contribution in [0.25, 0.3) is 0 Å². The van der Waals surface area contributed by atoms with E-state index in [0.717, 1.165) is 12.8 Å². The maximum Gasteiger partial charge on any atom is 0.0602 e. The van der Waals surface area contributed by atoms with Crippen LogP contribution in [0.1, 0.15) is 39.0 Å². The highest BCUT2D eigenvalue weighted by Gasteiger charge is 2.16. The highest BCUT2D eigenvalue weighted by Crippen LogP contribution is 2.22. The average Bonchev–Trinajstić information content (AvgIpc) is 2.07. The summed E-state index contributed by atoms with van der Waals surface area (Å²) in [5.74, 6) is 0.448. The molecule has 0 aliphatic heterocycles. The van der Waals surface area contributed by atoms with Crippen molar-refractivity contribution in [3.05, 3.63) is 12.2 Å². The fraction of sp³-hybridized carbons (Fsp3) is 0.800. The van der Waals surface area contributed by atoms with E-state index in [1.807, 2.05) is 0 Å². The molecular weight excluding hydrogens is 136 g/mol. The maximum atomic E-state index is 9.62. The highest BCUT2D eigenvalue weighted by molar-refractivity contribution is 4.95. The van der Waals surface area contributed by atoms with Crippen LogP contribution in [0.3, 0.4) is 0 Å². The van der Waals surface area contributed by atoms with Crippen LogP contribution < -0.4 is 0 Å². The van der Waals surface area contributed by atoms with Gasteiger partial charge in [0.05, 0.1) is 6.10 Å². The van der Waals surface area contributed by atoms with Crippen molar-refractivity contribution < 1.29 is 5.11 Å². The Morgan fingerprint density at radius 2 is 2.45 bits per heavy atom. The normalized spacial score (nSPS) is 26.9. The van der Waals surface area contributed by atoms with Crippen LogP contribution >= 0.6 is 0 Å². The van der Waals surface area contributed by atoms with Gasteiger partial charge in [-0.05, 0) is 25.7 Å². The Morgan fingerprint density at radius 3 is 3.00 bits per heavy atom. The van der Waals surface area contributed by atoms with E-state index in [1.54, 1.807) is 0 Å². The zero-order chi connectivity index (χ0) is 8.10. The standard InChI is InChI=1S/C10H18O/c1-2-6-10(11)9-7-4-3-5-8-9/h4,7,9-11H,2-3,5-6,8H2,1H3. The van der Waals surface area contributed by atoms with E-state index >= 15 is 0 Å². The molecule has 1 aliphatic carbocycles. The van der Waals surface area contributed by atoms with Crippen LogP contribution in [-0.4, -0.2) is 11.2 Å². The second-order valence-corrected chi connectivity index (χ2v) is 3.38. The molecule has 0 aromatic rings. The SMILES string of the molecule is CCCC(O)C1C=CCCC1. The molecule has 0 spiro atoms. The Balaban J connectivity index is 2.32. The van der Waals surface area contributed by atoms with Crippen LogP contribution in [0, 0.1) is 5.92 Å². The van der Waals surface area contributed by atoms with Crippen molar-refractivity contribution >= 4 is 0 Å². The molecule has 0 aromatic carbocycles. The first-order valence-electron chi connectivity index (χ1n) is 4.69. The van der Waals surface area contributed by atoms with E-state index < -0.39 is 0 Å². The molecule has 0 heterocycles. The lowest BCUT2D eigenvalue weighted by atomic mass is 9.89. The molecule has 0 amide bonds. The largest absolute Gasteiger partial charge is 0.393 e. The molecule has 11 heavy (non-hydrogen) atoms. The smallest absolute Gasteiger partial charge is 0.0602 e. The predicted octanol–water partition coefficient (Wildman–Crippen LogP) is 2.50. The first kappa shape index (κ1) is 8.79. The van der Waals surface area contributed by atoms with Crippen LogP contribution in [0.5, 0.6) is 0 Å². The lowest BCUT2D eigenvalue weighted by molar-refractivity contribution is 0.112. The minimum Gasteiger partial charge on any atom is -0.393 e. The third-order valence-electron chi connectivity index (χ3n) is 2.37. The summed E-state index contributed by atoms with van der Waals surface area (Å²) in [6.07, 6.45) is 9.98. The molecule has 64 valence electrons. The number of rotatable bonds is 3. The Morgan fingerprint density at radius 1 is 1.64 bits per heavy atom. The molecule has 0 saturated heterocycles. The summed E-state index contributed by atoms with van der Waals surface area (Å²) in [4.78, 5) is 0. The van der Waals surface area contributed by atoms with Gasteiger partial charge in [0.1, 0.15) is 0 Å². The zero-order valence-corrected chi connectivity index (χ0v) is 7.29. The molecular formula is C10H18O. The fourth-order valence-corrected chi connectivity index (χ4v) is 1.67. The summed E-state index contributed by atoms with van der Waals surface area (Å²) < 4.78 is 0.